The minimum atomic E-state index is 0.556. The first-order chi connectivity index (χ1) is 4.79. The molecule has 10 heavy (non-hydrogen) atoms. The topological polar surface area (TPSA) is 24.4 Å². The van der Waals surface area contributed by atoms with Gasteiger partial charge in [0.15, 0.2) is 0 Å². The van der Waals surface area contributed by atoms with Gasteiger partial charge >= 0.3 is 0 Å². The zero-order valence-corrected chi connectivity index (χ0v) is 7.02. The van der Waals surface area contributed by atoms with Gasteiger partial charge in [0.1, 0.15) is 0 Å². The van der Waals surface area contributed by atoms with Crippen LogP contribution in [0.3, 0.4) is 0 Å². The van der Waals surface area contributed by atoms with Crippen LogP contribution in [-0.4, -0.2) is 11.8 Å². The third-order valence-electron chi connectivity index (χ3n) is 2.25. The molecule has 2 atom stereocenters. The predicted octanol–water partition coefficient (Wildman–Crippen LogP) is 1.77. The summed E-state index contributed by atoms with van der Waals surface area (Å²) in [5.74, 6) is 0.685. The van der Waals surface area contributed by atoms with Crippen LogP contribution in [-0.2, 0) is 0 Å². The van der Waals surface area contributed by atoms with Crippen LogP contribution in [0.15, 0.2) is 5.10 Å². The first kappa shape index (κ1) is 7.58. The summed E-state index contributed by atoms with van der Waals surface area (Å²) in [6.07, 6.45) is 2.30. The normalized spacial score (nSPS) is 31.7. The summed E-state index contributed by atoms with van der Waals surface area (Å²) in [4.78, 5) is 0. The number of hydrogen-bond acceptors (Lipinski definition) is 2. The van der Waals surface area contributed by atoms with Crippen LogP contribution in [0.1, 0.15) is 33.6 Å². The highest BCUT2D eigenvalue weighted by Gasteiger charge is 2.24. The lowest BCUT2D eigenvalue weighted by molar-refractivity contribution is 0.499. The average Bonchev–Trinajstić information content (AvgIpc) is 2.30. The van der Waals surface area contributed by atoms with E-state index < -0.39 is 0 Å². The molecular weight excluding hydrogens is 124 g/mol. The van der Waals surface area contributed by atoms with Gasteiger partial charge in [-0.25, -0.2) is 0 Å². The summed E-state index contributed by atoms with van der Waals surface area (Å²) in [5, 5.41) is 4.25. The molecule has 0 aliphatic carbocycles. The highest BCUT2D eigenvalue weighted by atomic mass is 15.3. The monoisotopic (exact) mass is 140 g/mol. The van der Waals surface area contributed by atoms with Crippen LogP contribution in [0.4, 0.5) is 0 Å². The fourth-order valence-electron chi connectivity index (χ4n) is 1.58. The van der Waals surface area contributed by atoms with Crippen molar-refractivity contribution < 1.29 is 0 Å². The smallest absolute Gasteiger partial charge is 0.0492 e. The maximum absolute atomic E-state index is 4.25. The van der Waals surface area contributed by atoms with Crippen molar-refractivity contribution in [3.05, 3.63) is 0 Å². The van der Waals surface area contributed by atoms with Gasteiger partial charge in [0.2, 0.25) is 0 Å². The molecule has 0 bridgehead atoms. The van der Waals surface area contributed by atoms with Crippen LogP contribution >= 0.6 is 0 Å². The van der Waals surface area contributed by atoms with Crippen molar-refractivity contribution in [2.45, 2.75) is 39.7 Å². The molecule has 1 aliphatic heterocycles. The van der Waals surface area contributed by atoms with Crippen LogP contribution in [0, 0.1) is 5.92 Å². The second kappa shape index (κ2) is 3.04. The zero-order chi connectivity index (χ0) is 7.56. The molecule has 2 unspecified atom stereocenters. The lowest BCUT2D eigenvalue weighted by Gasteiger charge is -2.12. The number of hydrogen-bond donors (Lipinski definition) is 1. The Morgan fingerprint density at radius 3 is 2.60 bits per heavy atom. The van der Waals surface area contributed by atoms with E-state index >= 15 is 0 Å². The van der Waals surface area contributed by atoms with E-state index in [0.29, 0.717) is 12.0 Å². The van der Waals surface area contributed by atoms with Crippen LogP contribution in [0.5, 0.6) is 0 Å². The Labute approximate surface area is 62.7 Å². The third-order valence-corrected chi connectivity index (χ3v) is 2.25. The molecule has 0 aromatic carbocycles. The van der Waals surface area contributed by atoms with Crippen LogP contribution in [0.25, 0.3) is 0 Å². The van der Waals surface area contributed by atoms with Crippen molar-refractivity contribution in [3.63, 3.8) is 0 Å². The Hall–Kier alpha value is -0.530. The van der Waals surface area contributed by atoms with Gasteiger partial charge in [0, 0.05) is 17.7 Å². The summed E-state index contributed by atoms with van der Waals surface area (Å²) in [7, 11) is 0. The molecule has 0 radical (unpaired) electrons. The summed E-state index contributed by atoms with van der Waals surface area (Å²) in [5.41, 5.74) is 4.45. The van der Waals surface area contributed by atoms with Gasteiger partial charge in [0.25, 0.3) is 0 Å². The van der Waals surface area contributed by atoms with Crippen LogP contribution < -0.4 is 5.43 Å². The van der Waals surface area contributed by atoms with E-state index in [0.717, 1.165) is 6.42 Å². The third kappa shape index (κ3) is 1.15. The Bertz CT molecular complexity index is 140. The van der Waals surface area contributed by atoms with Crippen LogP contribution in [0.2, 0.25) is 0 Å². The fourth-order valence-corrected chi connectivity index (χ4v) is 1.58. The SMILES string of the molecule is CCC1=NNC(C)C1CC. The summed E-state index contributed by atoms with van der Waals surface area (Å²) in [6, 6.07) is 0.556. The van der Waals surface area contributed by atoms with E-state index in [9.17, 15) is 0 Å². The summed E-state index contributed by atoms with van der Waals surface area (Å²) in [6.45, 7) is 6.58. The van der Waals surface area contributed by atoms with Gasteiger partial charge in [-0.2, -0.15) is 5.10 Å². The summed E-state index contributed by atoms with van der Waals surface area (Å²) >= 11 is 0. The second-order valence-electron chi connectivity index (χ2n) is 2.89. The molecule has 0 fully saturated rings. The molecule has 1 rings (SSSR count). The Morgan fingerprint density at radius 2 is 2.20 bits per heavy atom. The number of hydrazone groups is 1. The lowest BCUT2D eigenvalue weighted by Crippen LogP contribution is -2.25. The standard InChI is InChI=1S/C8H16N2/c1-4-7-6(3)9-10-8(7)5-2/h6-7,9H,4-5H2,1-3H3. The van der Waals surface area contributed by atoms with Gasteiger partial charge in [-0.05, 0) is 19.8 Å². The lowest BCUT2D eigenvalue weighted by atomic mass is 9.93. The fraction of sp³-hybridized carbons (Fsp3) is 0.875. The molecule has 0 aromatic rings. The van der Waals surface area contributed by atoms with Gasteiger partial charge in [0.05, 0.1) is 0 Å². The second-order valence-corrected chi connectivity index (χ2v) is 2.89. The minimum absolute atomic E-state index is 0.556. The van der Waals surface area contributed by atoms with Crippen molar-refractivity contribution in [3.8, 4) is 0 Å². The zero-order valence-electron chi connectivity index (χ0n) is 7.02. The molecule has 1 N–H and O–H groups in total. The summed E-state index contributed by atoms with van der Waals surface area (Å²) < 4.78 is 0. The van der Waals surface area contributed by atoms with E-state index in [1.165, 1.54) is 12.1 Å². The highest BCUT2D eigenvalue weighted by Crippen LogP contribution is 2.17. The molecular formula is C8H16N2. The molecule has 0 saturated carbocycles. The van der Waals surface area contributed by atoms with E-state index in [-0.39, 0.29) is 0 Å². The molecule has 58 valence electrons. The molecule has 1 heterocycles. The highest BCUT2D eigenvalue weighted by molar-refractivity contribution is 5.88. The first-order valence-electron chi connectivity index (χ1n) is 4.11. The van der Waals surface area contributed by atoms with Crippen molar-refractivity contribution >= 4 is 5.71 Å². The molecule has 0 spiro atoms. The predicted molar refractivity (Wildman–Crippen MR) is 44.1 cm³/mol. The van der Waals surface area contributed by atoms with Crippen molar-refractivity contribution in [2.75, 3.05) is 0 Å². The maximum atomic E-state index is 4.25. The Kier molecular flexibility index (Phi) is 2.30. The van der Waals surface area contributed by atoms with E-state index in [1.54, 1.807) is 0 Å². The van der Waals surface area contributed by atoms with Crippen molar-refractivity contribution in [2.24, 2.45) is 11.0 Å². The van der Waals surface area contributed by atoms with Crippen molar-refractivity contribution in [1.29, 1.82) is 0 Å². The Balaban J connectivity index is 2.57. The van der Waals surface area contributed by atoms with Gasteiger partial charge in [-0.1, -0.05) is 13.8 Å². The van der Waals surface area contributed by atoms with E-state index in [1.807, 2.05) is 0 Å². The van der Waals surface area contributed by atoms with Gasteiger partial charge < -0.3 is 5.43 Å². The number of rotatable bonds is 2. The first-order valence-corrected chi connectivity index (χ1v) is 4.11. The average molecular weight is 140 g/mol. The largest absolute Gasteiger partial charge is 0.307 e. The molecule has 0 saturated heterocycles. The molecule has 0 aromatic heterocycles. The number of nitrogens with zero attached hydrogens (tertiary/aromatic N) is 1. The number of nitrogens with one attached hydrogen (secondary N) is 1. The minimum Gasteiger partial charge on any atom is -0.307 e. The Morgan fingerprint density at radius 1 is 1.50 bits per heavy atom. The maximum Gasteiger partial charge on any atom is 0.0492 e. The molecule has 1 aliphatic rings. The molecule has 2 nitrogen and oxygen atoms in total. The quantitative estimate of drug-likeness (QED) is 0.621. The van der Waals surface area contributed by atoms with E-state index in [2.05, 4.69) is 31.3 Å². The van der Waals surface area contributed by atoms with Crippen molar-refractivity contribution in [1.82, 2.24) is 5.43 Å². The van der Waals surface area contributed by atoms with Gasteiger partial charge in [-0.15, -0.1) is 0 Å². The van der Waals surface area contributed by atoms with E-state index in [4.69, 9.17) is 0 Å². The van der Waals surface area contributed by atoms with Gasteiger partial charge in [-0.3, -0.25) is 0 Å². The molecule has 2 heteroatoms. The molecule has 0 amide bonds.